The van der Waals surface area contributed by atoms with Crippen LogP contribution in [0.4, 0.5) is 33.5 Å². The molecule has 186 valence electrons. The Labute approximate surface area is 200 Å². The molecule has 0 spiro atoms. The Morgan fingerprint density at radius 3 is 2.39 bits per heavy atom. The number of amides is 2. The fourth-order valence-electron chi connectivity index (χ4n) is 3.99. The van der Waals surface area contributed by atoms with E-state index in [-0.39, 0.29) is 54.9 Å². The third-order valence-electron chi connectivity index (χ3n) is 5.82. The second kappa shape index (κ2) is 8.73. The van der Waals surface area contributed by atoms with Crippen molar-refractivity contribution in [3.05, 3.63) is 70.8 Å². The molecule has 1 fully saturated rings. The van der Waals surface area contributed by atoms with E-state index in [1.807, 2.05) is 0 Å². The van der Waals surface area contributed by atoms with Crippen LogP contribution in [0.3, 0.4) is 0 Å². The molecule has 1 aromatic heterocycles. The molecule has 2 aromatic carbocycles. The minimum atomic E-state index is -4.66. The number of halogens is 5. The number of carbonyl (C=O) groups is 2. The average molecular weight is 505 g/mol. The number of fused-ring (bicyclic) bond motifs is 2. The normalized spacial score (nSPS) is 15.4. The zero-order valence-electron chi connectivity index (χ0n) is 18.3. The Balaban J connectivity index is 1.32. The van der Waals surface area contributed by atoms with Crippen LogP contribution in [0.2, 0.25) is 0 Å². The second-order valence-electron chi connectivity index (χ2n) is 8.06. The van der Waals surface area contributed by atoms with E-state index in [9.17, 15) is 31.5 Å². The molecular formula is C23H16F5N5O3. The first-order valence-corrected chi connectivity index (χ1v) is 10.7. The van der Waals surface area contributed by atoms with Crippen LogP contribution in [-0.2, 0) is 6.18 Å². The Morgan fingerprint density at radius 1 is 0.972 bits per heavy atom. The van der Waals surface area contributed by atoms with E-state index in [1.165, 1.54) is 23.1 Å². The van der Waals surface area contributed by atoms with Crippen LogP contribution in [0, 0.1) is 11.6 Å². The van der Waals surface area contributed by atoms with Crippen LogP contribution in [0.25, 0.3) is 0 Å². The van der Waals surface area contributed by atoms with E-state index in [4.69, 9.17) is 4.74 Å². The lowest BCUT2D eigenvalue weighted by atomic mass is 10.1. The van der Waals surface area contributed by atoms with Crippen molar-refractivity contribution in [1.82, 2.24) is 15.1 Å². The molecule has 0 atom stereocenters. The molecule has 0 aliphatic carbocycles. The summed E-state index contributed by atoms with van der Waals surface area (Å²) in [6.45, 7) is 0.645. The predicted octanol–water partition coefficient (Wildman–Crippen LogP) is 4.09. The summed E-state index contributed by atoms with van der Waals surface area (Å²) in [5, 5.41) is 10.4. The molecular weight excluding hydrogens is 489 g/mol. The minimum absolute atomic E-state index is 0.0328. The van der Waals surface area contributed by atoms with Gasteiger partial charge in [0, 0.05) is 44.4 Å². The van der Waals surface area contributed by atoms with Gasteiger partial charge in [0.2, 0.25) is 0 Å². The third kappa shape index (κ3) is 4.27. The van der Waals surface area contributed by atoms with Gasteiger partial charge in [-0.05, 0) is 12.1 Å². The smallest absolute Gasteiger partial charge is 0.417 e. The fraction of sp³-hybridized carbons (Fsp3) is 0.217. The number of anilines is 2. The van der Waals surface area contributed by atoms with Gasteiger partial charge in [-0.2, -0.15) is 13.2 Å². The Bertz CT molecular complexity index is 1370. The maximum atomic E-state index is 13.6. The quantitative estimate of drug-likeness (QED) is 0.528. The molecule has 2 aliphatic heterocycles. The zero-order chi connectivity index (χ0) is 25.6. The standard InChI is InChI=1S/C23H16F5N5O3/c24-15-10-17-18(11-16(15)25)36-21-13(20(34)29-17)9-19(30-31-21)32-5-7-33(8-6-32)22(35)12-3-1-2-4-14(12)23(26,27)28/h1-4,9-11H,5-8H2,(H,29,34). The largest absolute Gasteiger partial charge is 0.435 e. The van der Waals surface area contributed by atoms with Crippen LogP contribution >= 0.6 is 0 Å². The lowest BCUT2D eigenvalue weighted by Gasteiger charge is -2.35. The third-order valence-corrected chi connectivity index (χ3v) is 5.82. The Morgan fingerprint density at radius 2 is 1.67 bits per heavy atom. The molecule has 0 bridgehead atoms. The number of nitrogens with zero attached hydrogens (tertiary/aromatic N) is 4. The topological polar surface area (TPSA) is 87.7 Å². The first kappa shape index (κ1) is 23.5. The molecule has 5 rings (SSSR count). The van der Waals surface area contributed by atoms with Crippen molar-refractivity contribution in [3.8, 4) is 11.6 Å². The van der Waals surface area contributed by atoms with Crippen molar-refractivity contribution in [2.75, 3.05) is 36.4 Å². The summed E-state index contributed by atoms with van der Waals surface area (Å²) >= 11 is 0. The summed E-state index contributed by atoms with van der Waals surface area (Å²) in [6, 6.07) is 7.55. The van der Waals surface area contributed by atoms with Crippen molar-refractivity contribution in [2.24, 2.45) is 0 Å². The molecule has 0 radical (unpaired) electrons. The molecule has 0 saturated carbocycles. The Kier molecular flexibility index (Phi) is 5.69. The highest BCUT2D eigenvalue weighted by Crippen LogP contribution is 2.37. The van der Waals surface area contributed by atoms with Crippen LogP contribution in [0.5, 0.6) is 11.6 Å². The summed E-state index contributed by atoms with van der Waals surface area (Å²) < 4.78 is 72.6. The molecule has 1 saturated heterocycles. The van der Waals surface area contributed by atoms with Gasteiger partial charge in [-0.15, -0.1) is 10.2 Å². The molecule has 1 N–H and O–H groups in total. The highest BCUT2D eigenvalue weighted by Gasteiger charge is 2.36. The first-order chi connectivity index (χ1) is 17.1. The number of piperazine rings is 1. The van der Waals surface area contributed by atoms with E-state index in [1.54, 1.807) is 4.90 Å². The van der Waals surface area contributed by atoms with Gasteiger partial charge < -0.3 is 19.9 Å². The maximum Gasteiger partial charge on any atom is 0.417 e. The number of hydrogen-bond donors (Lipinski definition) is 1. The van der Waals surface area contributed by atoms with Gasteiger partial charge in [0.25, 0.3) is 17.7 Å². The van der Waals surface area contributed by atoms with Gasteiger partial charge in [0.05, 0.1) is 16.8 Å². The molecule has 36 heavy (non-hydrogen) atoms. The number of carbonyl (C=O) groups excluding carboxylic acids is 2. The fourth-order valence-corrected chi connectivity index (χ4v) is 3.99. The van der Waals surface area contributed by atoms with Gasteiger partial charge in [-0.3, -0.25) is 9.59 Å². The number of nitrogens with one attached hydrogen (secondary N) is 1. The summed E-state index contributed by atoms with van der Waals surface area (Å²) in [4.78, 5) is 28.5. The summed E-state index contributed by atoms with van der Waals surface area (Å²) in [7, 11) is 0. The maximum absolute atomic E-state index is 13.6. The van der Waals surface area contributed by atoms with Crippen molar-refractivity contribution < 1.29 is 36.3 Å². The van der Waals surface area contributed by atoms with Crippen molar-refractivity contribution in [2.45, 2.75) is 6.18 Å². The number of aromatic nitrogens is 2. The van der Waals surface area contributed by atoms with Crippen LogP contribution < -0.4 is 15.0 Å². The molecule has 0 unspecified atom stereocenters. The highest BCUT2D eigenvalue weighted by molar-refractivity contribution is 6.08. The minimum Gasteiger partial charge on any atom is -0.435 e. The highest BCUT2D eigenvalue weighted by atomic mass is 19.4. The SMILES string of the molecule is O=C1Nc2cc(F)c(F)cc2Oc2nnc(N3CCN(C(=O)c4ccccc4C(F)(F)F)CC3)cc21. The summed E-state index contributed by atoms with van der Waals surface area (Å²) in [6.07, 6.45) is -4.66. The molecule has 3 aromatic rings. The number of hydrogen-bond acceptors (Lipinski definition) is 6. The van der Waals surface area contributed by atoms with Crippen LogP contribution in [0.1, 0.15) is 26.3 Å². The second-order valence-corrected chi connectivity index (χ2v) is 8.06. The van der Waals surface area contributed by atoms with Crippen LogP contribution in [-0.4, -0.2) is 53.1 Å². The van der Waals surface area contributed by atoms with Gasteiger partial charge in [-0.25, -0.2) is 8.78 Å². The number of ether oxygens (including phenoxy) is 1. The van der Waals surface area contributed by atoms with Gasteiger partial charge >= 0.3 is 6.18 Å². The lowest BCUT2D eigenvalue weighted by Crippen LogP contribution is -2.49. The van der Waals surface area contributed by atoms with E-state index < -0.39 is 40.8 Å². The van der Waals surface area contributed by atoms with Crippen molar-refractivity contribution >= 4 is 23.3 Å². The Hall–Kier alpha value is -4.29. The number of benzene rings is 2. The van der Waals surface area contributed by atoms with Gasteiger partial charge in [0.15, 0.2) is 23.2 Å². The predicted molar refractivity (Wildman–Crippen MR) is 116 cm³/mol. The number of rotatable bonds is 2. The van der Waals surface area contributed by atoms with Gasteiger partial charge in [0.1, 0.15) is 5.56 Å². The van der Waals surface area contributed by atoms with Crippen LogP contribution in [0.15, 0.2) is 42.5 Å². The first-order valence-electron chi connectivity index (χ1n) is 10.7. The monoisotopic (exact) mass is 505 g/mol. The van der Waals surface area contributed by atoms with E-state index in [2.05, 4.69) is 15.5 Å². The molecule has 3 heterocycles. The van der Waals surface area contributed by atoms with E-state index >= 15 is 0 Å². The number of alkyl halides is 3. The van der Waals surface area contributed by atoms with Crippen molar-refractivity contribution in [1.29, 1.82) is 0 Å². The van der Waals surface area contributed by atoms with E-state index in [0.29, 0.717) is 0 Å². The summed E-state index contributed by atoms with van der Waals surface area (Å²) in [5.41, 5.74) is -1.54. The molecule has 2 aliphatic rings. The average Bonchev–Trinajstić information content (AvgIpc) is 2.99. The molecule has 8 nitrogen and oxygen atoms in total. The van der Waals surface area contributed by atoms with E-state index in [0.717, 1.165) is 24.3 Å². The van der Waals surface area contributed by atoms with Crippen molar-refractivity contribution in [3.63, 3.8) is 0 Å². The summed E-state index contributed by atoms with van der Waals surface area (Å²) in [5.74, 6) is -3.84. The zero-order valence-corrected chi connectivity index (χ0v) is 18.3. The molecule has 2 amide bonds. The molecule has 13 heteroatoms. The lowest BCUT2D eigenvalue weighted by molar-refractivity contribution is -0.138. The van der Waals surface area contributed by atoms with Gasteiger partial charge in [-0.1, -0.05) is 12.1 Å².